The van der Waals surface area contributed by atoms with Crippen LogP contribution >= 0.6 is 0 Å². The van der Waals surface area contributed by atoms with Gasteiger partial charge in [0.05, 0.1) is 26.5 Å². The normalized spacial score (nSPS) is 10.2. The predicted molar refractivity (Wildman–Crippen MR) is 103 cm³/mol. The zero-order valence-electron chi connectivity index (χ0n) is 14.9. The van der Waals surface area contributed by atoms with Crippen molar-refractivity contribution in [1.29, 1.82) is 0 Å². The maximum Gasteiger partial charge on any atom is 0.258 e. The Morgan fingerprint density at radius 1 is 0.808 bits per heavy atom. The fourth-order valence-corrected chi connectivity index (χ4v) is 2.77. The van der Waals surface area contributed by atoms with Crippen molar-refractivity contribution in [2.45, 2.75) is 6.54 Å². The number of carbonyl (C=O) groups is 1. The first-order chi connectivity index (χ1) is 12.7. The van der Waals surface area contributed by atoms with Crippen molar-refractivity contribution in [1.82, 2.24) is 0 Å². The van der Waals surface area contributed by atoms with Crippen molar-refractivity contribution in [3.05, 3.63) is 90.0 Å². The summed E-state index contributed by atoms with van der Waals surface area (Å²) >= 11 is 0. The number of carbonyl (C=O) groups excluding carboxylic acids is 1. The van der Waals surface area contributed by atoms with Gasteiger partial charge in [0.25, 0.3) is 5.91 Å². The van der Waals surface area contributed by atoms with Crippen LogP contribution < -0.4 is 14.4 Å². The summed E-state index contributed by atoms with van der Waals surface area (Å²) in [6.45, 7) is 0.429. The Morgan fingerprint density at radius 2 is 1.46 bits per heavy atom. The van der Waals surface area contributed by atoms with Gasteiger partial charge in [-0.15, -0.1) is 0 Å². The monoisotopic (exact) mass is 347 g/mol. The van der Waals surface area contributed by atoms with E-state index in [2.05, 4.69) is 0 Å². The van der Waals surface area contributed by atoms with E-state index in [1.54, 1.807) is 19.1 Å². The molecule has 0 heterocycles. The molecule has 0 aromatic heterocycles. The lowest BCUT2D eigenvalue weighted by molar-refractivity contribution is 0.0984. The van der Waals surface area contributed by atoms with E-state index in [9.17, 15) is 4.79 Å². The molecular weight excluding hydrogens is 326 g/mol. The van der Waals surface area contributed by atoms with Crippen LogP contribution in [0, 0.1) is 0 Å². The lowest BCUT2D eigenvalue weighted by atomic mass is 10.1. The standard InChI is InChI=1S/C22H21NO3/c1-25-19-14-12-17(13-15-19)16-23(20-10-6-7-11-21(20)26-2)22(24)18-8-4-3-5-9-18/h3-15H,16H2,1-2H3. The number of nitrogens with zero attached hydrogens (tertiary/aromatic N) is 1. The van der Waals surface area contributed by atoms with Crippen molar-refractivity contribution < 1.29 is 14.3 Å². The number of rotatable bonds is 6. The summed E-state index contributed by atoms with van der Waals surface area (Å²) in [4.78, 5) is 14.9. The summed E-state index contributed by atoms with van der Waals surface area (Å²) in [5.41, 5.74) is 2.37. The molecule has 1 amide bonds. The molecule has 4 nitrogen and oxygen atoms in total. The Hall–Kier alpha value is -3.27. The molecular formula is C22H21NO3. The number of hydrogen-bond acceptors (Lipinski definition) is 3. The number of hydrogen-bond donors (Lipinski definition) is 0. The first-order valence-electron chi connectivity index (χ1n) is 8.36. The second-order valence-electron chi connectivity index (χ2n) is 5.78. The zero-order chi connectivity index (χ0) is 18.4. The maximum absolute atomic E-state index is 13.2. The van der Waals surface area contributed by atoms with E-state index in [4.69, 9.17) is 9.47 Å². The van der Waals surface area contributed by atoms with Crippen LogP contribution in [0.25, 0.3) is 0 Å². The molecule has 3 aromatic rings. The molecule has 0 atom stereocenters. The van der Waals surface area contributed by atoms with Gasteiger partial charge in [0, 0.05) is 5.56 Å². The number of amides is 1. The topological polar surface area (TPSA) is 38.8 Å². The second-order valence-corrected chi connectivity index (χ2v) is 5.78. The molecule has 0 saturated heterocycles. The Kier molecular flexibility index (Phi) is 5.54. The van der Waals surface area contributed by atoms with E-state index in [-0.39, 0.29) is 5.91 Å². The van der Waals surface area contributed by atoms with Crippen molar-refractivity contribution in [3.63, 3.8) is 0 Å². The Balaban J connectivity index is 1.99. The van der Waals surface area contributed by atoms with Crippen LogP contribution in [0.15, 0.2) is 78.9 Å². The van der Waals surface area contributed by atoms with E-state index >= 15 is 0 Å². The van der Waals surface area contributed by atoms with Crippen LogP contribution in [0.1, 0.15) is 15.9 Å². The number of methoxy groups -OCH3 is 2. The Bertz CT molecular complexity index is 860. The highest BCUT2D eigenvalue weighted by atomic mass is 16.5. The van der Waals surface area contributed by atoms with Gasteiger partial charge in [0.1, 0.15) is 11.5 Å². The molecule has 0 spiro atoms. The average molecular weight is 347 g/mol. The second kappa shape index (κ2) is 8.21. The lowest BCUT2D eigenvalue weighted by Crippen LogP contribution is -2.30. The van der Waals surface area contributed by atoms with Crippen LogP contribution in [0.3, 0.4) is 0 Å². The zero-order valence-corrected chi connectivity index (χ0v) is 14.9. The van der Waals surface area contributed by atoms with Crippen LogP contribution in [0.5, 0.6) is 11.5 Å². The van der Waals surface area contributed by atoms with Crippen molar-refractivity contribution in [3.8, 4) is 11.5 Å². The van der Waals surface area contributed by atoms with E-state index < -0.39 is 0 Å². The van der Waals surface area contributed by atoms with E-state index in [1.165, 1.54) is 0 Å². The van der Waals surface area contributed by atoms with Crippen LogP contribution in [0.4, 0.5) is 5.69 Å². The van der Waals surface area contributed by atoms with Gasteiger partial charge in [-0.2, -0.15) is 0 Å². The molecule has 0 aliphatic rings. The third-order valence-corrected chi connectivity index (χ3v) is 4.14. The summed E-state index contributed by atoms with van der Waals surface area (Å²) in [5, 5.41) is 0. The molecule has 3 rings (SSSR count). The highest BCUT2D eigenvalue weighted by Crippen LogP contribution is 2.30. The third-order valence-electron chi connectivity index (χ3n) is 4.14. The quantitative estimate of drug-likeness (QED) is 0.656. The van der Waals surface area contributed by atoms with Gasteiger partial charge in [0.15, 0.2) is 0 Å². The van der Waals surface area contributed by atoms with Gasteiger partial charge in [0.2, 0.25) is 0 Å². The summed E-state index contributed by atoms with van der Waals surface area (Å²) in [7, 11) is 3.24. The molecule has 0 bridgehead atoms. The maximum atomic E-state index is 13.2. The van der Waals surface area contributed by atoms with E-state index in [1.807, 2.05) is 78.9 Å². The Labute approximate surface area is 153 Å². The smallest absolute Gasteiger partial charge is 0.258 e. The van der Waals surface area contributed by atoms with Gasteiger partial charge in [-0.1, -0.05) is 42.5 Å². The van der Waals surface area contributed by atoms with Gasteiger partial charge < -0.3 is 14.4 Å². The van der Waals surface area contributed by atoms with Crippen LogP contribution in [0.2, 0.25) is 0 Å². The highest BCUT2D eigenvalue weighted by molar-refractivity contribution is 6.06. The van der Waals surface area contributed by atoms with Gasteiger partial charge in [-0.3, -0.25) is 4.79 Å². The average Bonchev–Trinajstić information content (AvgIpc) is 2.72. The highest BCUT2D eigenvalue weighted by Gasteiger charge is 2.21. The van der Waals surface area contributed by atoms with Crippen molar-refractivity contribution in [2.24, 2.45) is 0 Å². The molecule has 0 aliphatic heterocycles. The minimum Gasteiger partial charge on any atom is -0.497 e. The van der Waals surface area contributed by atoms with Crippen molar-refractivity contribution in [2.75, 3.05) is 19.1 Å². The Morgan fingerprint density at radius 3 is 2.12 bits per heavy atom. The molecule has 0 aliphatic carbocycles. The molecule has 0 radical (unpaired) electrons. The fourth-order valence-electron chi connectivity index (χ4n) is 2.77. The molecule has 4 heteroatoms. The number of ether oxygens (including phenoxy) is 2. The summed E-state index contributed by atoms with van der Waals surface area (Å²) in [6, 6.07) is 24.5. The first kappa shape index (κ1) is 17.5. The largest absolute Gasteiger partial charge is 0.497 e. The summed E-state index contributed by atoms with van der Waals surface area (Å²) in [5.74, 6) is 1.36. The molecule has 26 heavy (non-hydrogen) atoms. The summed E-state index contributed by atoms with van der Waals surface area (Å²) < 4.78 is 10.7. The number of benzene rings is 3. The molecule has 0 N–H and O–H groups in total. The first-order valence-corrected chi connectivity index (χ1v) is 8.36. The predicted octanol–water partition coefficient (Wildman–Crippen LogP) is 4.55. The minimum absolute atomic E-state index is 0.0779. The van der Waals surface area contributed by atoms with Crippen LogP contribution in [-0.4, -0.2) is 20.1 Å². The van der Waals surface area contributed by atoms with E-state index in [0.29, 0.717) is 17.9 Å². The molecule has 0 saturated carbocycles. The van der Waals surface area contributed by atoms with Gasteiger partial charge >= 0.3 is 0 Å². The van der Waals surface area contributed by atoms with E-state index in [0.717, 1.165) is 17.0 Å². The minimum atomic E-state index is -0.0779. The molecule has 0 unspecified atom stereocenters. The van der Waals surface area contributed by atoms with Gasteiger partial charge in [-0.25, -0.2) is 0 Å². The molecule has 132 valence electrons. The van der Waals surface area contributed by atoms with Crippen molar-refractivity contribution >= 4 is 11.6 Å². The number of anilines is 1. The molecule has 0 fully saturated rings. The fraction of sp³-hybridized carbons (Fsp3) is 0.136. The molecule has 3 aromatic carbocycles. The van der Waals surface area contributed by atoms with Gasteiger partial charge in [-0.05, 0) is 42.0 Å². The van der Waals surface area contributed by atoms with Crippen LogP contribution in [-0.2, 0) is 6.54 Å². The third kappa shape index (κ3) is 3.86. The summed E-state index contributed by atoms with van der Waals surface area (Å²) in [6.07, 6.45) is 0. The number of para-hydroxylation sites is 2. The lowest BCUT2D eigenvalue weighted by Gasteiger charge is -2.25. The SMILES string of the molecule is COc1ccc(CN(C(=O)c2ccccc2)c2ccccc2OC)cc1.